The van der Waals surface area contributed by atoms with Crippen molar-refractivity contribution >= 4 is 5.78 Å². The van der Waals surface area contributed by atoms with Crippen molar-refractivity contribution in [3.8, 4) is 0 Å². The van der Waals surface area contributed by atoms with Gasteiger partial charge in [-0.1, -0.05) is 17.3 Å². The maximum absolute atomic E-state index is 12.1. The lowest BCUT2D eigenvalue weighted by molar-refractivity contribution is 0.0991. The zero-order valence-electron chi connectivity index (χ0n) is 10.1. The van der Waals surface area contributed by atoms with Gasteiger partial charge in [0.1, 0.15) is 0 Å². The second-order valence-electron chi connectivity index (χ2n) is 4.46. The number of ketones is 1. The second kappa shape index (κ2) is 4.34. The first kappa shape index (κ1) is 11.1. The van der Waals surface area contributed by atoms with E-state index in [1.807, 2.05) is 18.2 Å². The molecule has 0 aliphatic carbocycles. The zero-order valence-corrected chi connectivity index (χ0v) is 10.1. The molecule has 0 amide bonds. The van der Waals surface area contributed by atoms with Crippen molar-refractivity contribution in [2.75, 3.05) is 0 Å². The van der Waals surface area contributed by atoms with Crippen LogP contribution in [-0.2, 0) is 31.4 Å². The molecule has 1 aromatic heterocycles. The molecule has 0 unspecified atom stereocenters. The minimum atomic E-state index is 0.0604. The smallest absolute Gasteiger partial charge is 0.168 e. The summed E-state index contributed by atoms with van der Waals surface area (Å²) in [5.74, 6) is 0.0604. The summed E-state index contributed by atoms with van der Waals surface area (Å²) in [5, 5.41) is 7.74. The van der Waals surface area contributed by atoms with E-state index in [2.05, 4.69) is 10.3 Å². The van der Waals surface area contributed by atoms with E-state index in [1.54, 1.807) is 17.9 Å². The van der Waals surface area contributed by atoms with Crippen LogP contribution in [-0.4, -0.2) is 20.8 Å². The van der Waals surface area contributed by atoms with Gasteiger partial charge in [0.25, 0.3) is 0 Å². The summed E-state index contributed by atoms with van der Waals surface area (Å²) in [6, 6.07) is 5.74. The quantitative estimate of drug-likeness (QED) is 0.762. The van der Waals surface area contributed by atoms with Crippen molar-refractivity contribution in [1.82, 2.24) is 15.0 Å². The fourth-order valence-corrected chi connectivity index (χ4v) is 2.09. The molecule has 1 aliphatic heterocycles. The lowest BCUT2D eigenvalue weighted by Gasteiger charge is -2.01. The van der Waals surface area contributed by atoms with Crippen LogP contribution in [0.4, 0.5) is 0 Å². The predicted molar refractivity (Wildman–Crippen MR) is 64.0 cm³/mol. The Morgan fingerprint density at radius 3 is 3.00 bits per heavy atom. The van der Waals surface area contributed by atoms with Crippen LogP contribution in [0, 0.1) is 0 Å². The van der Waals surface area contributed by atoms with Gasteiger partial charge in [0, 0.05) is 18.8 Å². The number of fused-ring (bicyclic) bond motifs is 1. The fraction of sp³-hybridized carbons (Fsp3) is 0.308. The van der Waals surface area contributed by atoms with Crippen molar-refractivity contribution in [3.63, 3.8) is 0 Å². The van der Waals surface area contributed by atoms with Crippen molar-refractivity contribution in [1.29, 1.82) is 0 Å². The highest BCUT2D eigenvalue weighted by Gasteiger charge is 2.15. The number of hydrogen-bond donors (Lipinski definition) is 0. The lowest BCUT2D eigenvalue weighted by atomic mass is 10.0. The monoisotopic (exact) mass is 243 g/mol. The number of nitrogens with zero attached hydrogens (tertiary/aromatic N) is 3. The topological polar surface area (TPSA) is 57.0 Å². The molecule has 2 aromatic rings. The molecule has 0 radical (unpaired) electrons. The van der Waals surface area contributed by atoms with Crippen LogP contribution in [0.15, 0.2) is 24.4 Å². The van der Waals surface area contributed by atoms with Crippen LogP contribution in [0.25, 0.3) is 0 Å². The fourth-order valence-electron chi connectivity index (χ4n) is 2.09. The summed E-state index contributed by atoms with van der Waals surface area (Å²) in [4.78, 5) is 12.1. The van der Waals surface area contributed by atoms with E-state index in [0.717, 1.165) is 5.56 Å². The van der Waals surface area contributed by atoms with Crippen LogP contribution >= 0.6 is 0 Å². The Labute approximate surface area is 104 Å². The van der Waals surface area contributed by atoms with Gasteiger partial charge in [-0.3, -0.25) is 9.48 Å². The summed E-state index contributed by atoms with van der Waals surface area (Å²) in [5.41, 5.74) is 3.69. The van der Waals surface area contributed by atoms with E-state index in [1.165, 1.54) is 5.56 Å². The van der Waals surface area contributed by atoms with E-state index in [0.29, 0.717) is 24.5 Å². The molecule has 2 heterocycles. The molecular weight excluding hydrogens is 230 g/mol. The van der Waals surface area contributed by atoms with Crippen molar-refractivity contribution in [2.45, 2.75) is 19.6 Å². The lowest BCUT2D eigenvalue weighted by Crippen LogP contribution is -2.04. The predicted octanol–water partition coefficient (Wildman–Crippen LogP) is 1.27. The molecule has 1 aliphatic rings. The van der Waals surface area contributed by atoms with Gasteiger partial charge in [-0.2, -0.15) is 0 Å². The number of carbonyl (C=O) groups excluding carboxylic acids is 1. The molecular formula is C13H13N3O2. The van der Waals surface area contributed by atoms with Gasteiger partial charge >= 0.3 is 0 Å². The first-order valence-corrected chi connectivity index (χ1v) is 5.80. The highest BCUT2D eigenvalue weighted by atomic mass is 16.5. The molecule has 0 saturated heterocycles. The highest BCUT2D eigenvalue weighted by Crippen LogP contribution is 2.21. The third-order valence-corrected chi connectivity index (χ3v) is 3.04. The third kappa shape index (κ3) is 2.04. The molecule has 18 heavy (non-hydrogen) atoms. The van der Waals surface area contributed by atoms with Crippen molar-refractivity contribution in [2.24, 2.45) is 7.05 Å². The van der Waals surface area contributed by atoms with E-state index >= 15 is 0 Å². The minimum Gasteiger partial charge on any atom is -0.372 e. The Hall–Kier alpha value is -2.01. The molecule has 3 rings (SSSR count). The number of carbonyl (C=O) groups is 1. The molecule has 0 spiro atoms. The average Bonchev–Trinajstić information content (AvgIpc) is 2.96. The average molecular weight is 243 g/mol. The molecule has 5 heteroatoms. The molecule has 1 aromatic carbocycles. The molecule has 0 bridgehead atoms. The van der Waals surface area contributed by atoms with Crippen LogP contribution < -0.4 is 0 Å². The SMILES string of the molecule is Cn1cc(CC(=O)c2ccc3c(c2)COC3)nn1. The van der Waals surface area contributed by atoms with Gasteiger partial charge in [-0.15, -0.1) is 5.10 Å². The highest BCUT2D eigenvalue weighted by molar-refractivity contribution is 5.97. The van der Waals surface area contributed by atoms with Crippen molar-refractivity contribution < 1.29 is 9.53 Å². The van der Waals surface area contributed by atoms with Gasteiger partial charge < -0.3 is 4.74 Å². The Balaban J connectivity index is 1.80. The van der Waals surface area contributed by atoms with Crippen LogP contribution in [0.5, 0.6) is 0 Å². The number of aromatic nitrogens is 3. The standard InChI is InChI=1S/C13H13N3O2/c1-16-6-12(14-15-16)5-13(17)9-2-3-10-7-18-8-11(10)4-9/h2-4,6H,5,7-8H2,1H3. The Morgan fingerprint density at radius 2 is 2.22 bits per heavy atom. The minimum absolute atomic E-state index is 0.0604. The Bertz CT molecular complexity index is 604. The van der Waals surface area contributed by atoms with Gasteiger partial charge in [0.05, 0.1) is 25.3 Å². The Kier molecular flexibility index (Phi) is 2.68. The van der Waals surface area contributed by atoms with E-state index in [9.17, 15) is 4.79 Å². The summed E-state index contributed by atoms with van der Waals surface area (Å²) in [6.45, 7) is 1.25. The molecule has 0 N–H and O–H groups in total. The Morgan fingerprint density at radius 1 is 1.39 bits per heavy atom. The van der Waals surface area contributed by atoms with E-state index < -0.39 is 0 Å². The van der Waals surface area contributed by atoms with Crippen LogP contribution in [0.1, 0.15) is 27.2 Å². The molecule has 92 valence electrons. The van der Waals surface area contributed by atoms with Crippen LogP contribution in [0.3, 0.4) is 0 Å². The van der Waals surface area contributed by atoms with Gasteiger partial charge in [0.2, 0.25) is 0 Å². The van der Waals surface area contributed by atoms with Crippen LogP contribution in [0.2, 0.25) is 0 Å². The number of aryl methyl sites for hydroxylation is 1. The number of Topliss-reactive ketones (excluding diaryl/α,β-unsaturated/α-hetero) is 1. The number of rotatable bonds is 3. The number of ether oxygens (including phenoxy) is 1. The molecule has 5 nitrogen and oxygen atoms in total. The second-order valence-corrected chi connectivity index (χ2v) is 4.46. The van der Waals surface area contributed by atoms with Gasteiger partial charge in [0.15, 0.2) is 5.78 Å². The van der Waals surface area contributed by atoms with E-state index in [-0.39, 0.29) is 12.2 Å². The summed E-state index contributed by atoms with van der Waals surface area (Å²) in [7, 11) is 1.79. The number of benzene rings is 1. The van der Waals surface area contributed by atoms with Gasteiger partial charge in [-0.05, 0) is 17.2 Å². The van der Waals surface area contributed by atoms with E-state index in [4.69, 9.17) is 4.74 Å². The maximum Gasteiger partial charge on any atom is 0.168 e. The maximum atomic E-state index is 12.1. The molecule has 0 fully saturated rings. The summed E-state index contributed by atoms with van der Waals surface area (Å²) >= 11 is 0. The third-order valence-electron chi connectivity index (χ3n) is 3.04. The number of hydrogen-bond acceptors (Lipinski definition) is 4. The molecule has 0 saturated carbocycles. The summed E-state index contributed by atoms with van der Waals surface area (Å²) < 4.78 is 6.93. The zero-order chi connectivity index (χ0) is 12.5. The largest absolute Gasteiger partial charge is 0.372 e. The van der Waals surface area contributed by atoms with Crippen molar-refractivity contribution in [3.05, 3.63) is 46.8 Å². The van der Waals surface area contributed by atoms with Gasteiger partial charge in [-0.25, -0.2) is 0 Å². The molecule has 0 atom stereocenters. The summed E-state index contributed by atoms with van der Waals surface area (Å²) in [6.07, 6.45) is 2.04. The normalized spacial score (nSPS) is 13.6. The first-order valence-electron chi connectivity index (χ1n) is 5.80. The first-order chi connectivity index (χ1) is 8.72.